The van der Waals surface area contributed by atoms with Gasteiger partial charge in [-0.15, -0.1) is 0 Å². The van der Waals surface area contributed by atoms with Crippen LogP contribution in [-0.2, 0) is 9.59 Å². The Balaban J connectivity index is 1.60. The van der Waals surface area contributed by atoms with E-state index in [-0.39, 0.29) is 12.6 Å². The summed E-state index contributed by atoms with van der Waals surface area (Å²) in [6.45, 7) is 5.29. The van der Waals surface area contributed by atoms with E-state index in [4.69, 9.17) is 4.74 Å². The van der Waals surface area contributed by atoms with Gasteiger partial charge in [-0.25, -0.2) is 4.79 Å². The van der Waals surface area contributed by atoms with E-state index in [0.717, 1.165) is 16.3 Å². The predicted molar refractivity (Wildman–Crippen MR) is 96.1 cm³/mol. The maximum Gasteiger partial charge on any atom is 0.327 e. The number of benzene rings is 1. The van der Waals surface area contributed by atoms with Crippen LogP contribution in [0.1, 0.15) is 6.92 Å². The number of carbonyl (C=O) groups is 3. The quantitative estimate of drug-likeness (QED) is 0.739. The molecule has 2 fully saturated rings. The summed E-state index contributed by atoms with van der Waals surface area (Å²) in [6.07, 6.45) is 0. The van der Waals surface area contributed by atoms with Crippen molar-refractivity contribution in [3.8, 4) is 5.75 Å². The molecule has 2 heterocycles. The van der Waals surface area contributed by atoms with Crippen LogP contribution in [0.15, 0.2) is 24.3 Å². The number of methoxy groups -OCH3 is 1. The smallest absolute Gasteiger partial charge is 0.327 e. The van der Waals surface area contributed by atoms with Crippen LogP contribution in [0.25, 0.3) is 0 Å². The molecule has 4 amide bonds. The molecule has 0 N–H and O–H groups in total. The van der Waals surface area contributed by atoms with E-state index < -0.39 is 11.8 Å². The van der Waals surface area contributed by atoms with Crippen molar-refractivity contribution in [1.82, 2.24) is 14.7 Å². The Morgan fingerprint density at radius 3 is 2.42 bits per heavy atom. The Morgan fingerprint density at radius 2 is 1.77 bits per heavy atom. The number of urea groups is 1. The maximum absolute atomic E-state index is 12.7. The fraction of sp³-hybridized carbons (Fsp3) is 0.500. The number of nitrogens with zero attached hydrogens (tertiary/aromatic N) is 4. The highest BCUT2D eigenvalue weighted by Crippen LogP contribution is 2.22. The van der Waals surface area contributed by atoms with Gasteiger partial charge < -0.3 is 19.4 Å². The second-order valence-corrected chi connectivity index (χ2v) is 6.30. The van der Waals surface area contributed by atoms with Gasteiger partial charge in [0, 0.05) is 57.6 Å². The number of anilines is 1. The number of amides is 4. The third-order valence-electron chi connectivity index (χ3n) is 4.89. The van der Waals surface area contributed by atoms with Gasteiger partial charge in [-0.3, -0.25) is 14.5 Å². The zero-order chi connectivity index (χ0) is 18.7. The van der Waals surface area contributed by atoms with Crippen LogP contribution in [0.4, 0.5) is 10.5 Å². The minimum atomic E-state index is -0.724. The lowest BCUT2D eigenvalue weighted by Crippen LogP contribution is -2.60. The number of ether oxygens (including phenoxy) is 1. The van der Waals surface area contributed by atoms with Crippen LogP contribution in [0.2, 0.25) is 0 Å². The first-order valence-corrected chi connectivity index (χ1v) is 8.83. The van der Waals surface area contributed by atoms with Crippen molar-refractivity contribution in [2.75, 3.05) is 57.8 Å². The minimum Gasteiger partial charge on any atom is -0.497 e. The highest BCUT2D eigenvalue weighted by atomic mass is 16.5. The Labute approximate surface area is 152 Å². The van der Waals surface area contributed by atoms with Crippen LogP contribution in [0, 0.1) is 0 Å². The van der Waals surface area contributed by atoms with Gasteiger partial charge in [0.1, 0.15) is 5.75 Å². The summed E-state index contributed by atoms with van der Waals surface area (Å²) in [7, 11) is 1.63. The molecule has 0 unspecified atom stereocenters. The number of hydrogen-bond donors (Lipinski definition) is 0. The molecule has 0 aromatic heterocycles. The van der Waals surface area contributed by atoms with Crippen LogP contribution < -0.4 is 9.64 Å². The van der Waals surface area contributed by atoms with Crippen molar-refractivity contribution < 1.29 is 19.1 Å². The Morgan fingerprint density at radius 1 is 1.04 bits per heavy atom. The van der Waals surface area contributed by atoms with Crippen molar-refractivity contribution in [3.05, 3.63) is 24.3 Å². The van der Waals surface area contributed by atoms with Crippen molar-refractivity contribution in [2.45, 2.75) is 6.92 Å². The maximum atomic E-state index is 12.7. The van der Waals surface area contributed by atoms with Crippen molar-refractivity contribution >= 4 is 23.5 Å². The Kier molecular flexibility index (Phi) is 5.29. The van der Waals surface area contributed by atoms with Crippen molar-refractivity contribution in [3.63, 3.8) is 0 Å². The van der Waals surface area contributed by atoms with Gasteiger partial charge in [0.25, 0.3) is 0 Å². The number of piperazine rings is 2. The van der Waals surface area contributed by atoms with Gasteiger partial charge >= 0.3 is 17.8 Å². The first-order chi connectivity index (χ1) is 12.5. The van der Waals surface area contributed by atoms with Crippen LogP contribution in [0.5, 0.6) is 5.75 Å². The zero-order valence-electron chi connectivity index (χ0n) is 15.2. The molecule has 2 saturated heterocycles. The molecular formula is C18H24N4O4. The summed E-state index contributed by atoms with van der Waals surface area (Å²) in [5.41, 5.74) is 1.04. The molecule has 140 valence electrons. The van der Waals surface area contributed by atoms with Gasteiger partial charge in [0.05, 0.1) is 7.11 Å². The number of imide groups is 1. The average Bonchev–Trinajstić information content (AvgIpc) is 2.69. The monoisotopic (exact) mass is 360 g/mol. The van der Waals surface area contributed by atoms with Gasteiger partial charge in [-0.2, -0.15) is 0 Å². The van der Waals surface area contributed by atoms with E-state index in [1.54, 1.807) is 12.0 Å². The normalized spacial score (nSPS) is 18.4. The third-order valence-corrected chi connectivity index (χ3v) is 4.89. The number of carbonyl (C=O) groups excluding carboxylic acids is 3. The van der Waals surface area contributed by atoms with Crippen molar-refractivity contribution in [2.24, 2.45) is 0 Å². The predicted octanol–water partition coefficient (Wildman–Crippen LogP) is 0.628. The number of likely N-dealkylation sites (N-methyl/N-ethyl adjacent to an activating group) is 1. The molecule has 2 aliphatic rings. The third kappa shape index (κ3) is 3.44. The molecule has 1 aromatic carbocycles. The summed E-state index contributed by atoms with van der Waals surface area (Å²) >= 11 is 0. The first-order valence-electron chi connectivity index (χ1n) is 8.83. The van der Waals surface area contributed by atoms with Crippen molar-refractivity contribution in [1.29, 1.82) is 0 Å². The van der Waals surface area contributed by atoms with Crippen LogP contribution >= 0.6 is 0 Å². The molecule has 0 spiro atoms. The van der Waals surface area contributed by atoms with E-state index in [1.807, 2.05) is 31.2 Å². The Bertz CT molecular complexity index is 700. The lowest BCUT2D eigenvalue weighted by Gasteiger charge is -2.39. The minimum absolute atomic E-state index is 0.257. The first kappa shape index (κ1) is 18.0. The summed E-state index contributed by atoms with van der Waals surface area (Å²) in [5, 5.41) is 0. The average molecular weight is 360 g/mol. The second-order valence-electron chi connectivity index (χ2n) is 6.30. The van der Waals surface area contributed by atoms with E-state index in [2.05, 4.69) is 4.90 Å². The Hall–Kier alpha value is -2.77. The van der Waals surface area contributed by atoms with Gasteiger partial charge in [0.15, 0.2) is 0 Å². The number of hydrogen-bond acceptors (Lipinski definition) is 5. The van der Waals surface area contributed by atoms with Crippen LogP contribution in [-0.4, -0.2) is 85.5 Å². The van der Waals surface area contributed by atoms with Gasteiger partial charge in [0.2, 0.25) is 0 Å². The molecule has 3 rings (SSSR count). The molecule has 0 saturated carbocycles. The lowest BCUT2D eigenvalue weighted by molar-refractivity contribution is -0.153. The summed E-state index contributed by atoms with van der Waals surface area (Å²) in [6, 6.07) is 7.42. The molecule has 2 aliphatic heterocycles. The number of rotatable bonds is 3. The van der Waals surface area contributed by atoms with Crippen LogP contribution in [0.3, 0.4) is 0 Å². The second kappa shape index (κ2) is 7.63. The fourth-order valence-corrected chi connectivity index (χ4v) is 3.29. The standard InChI is InChI=1S/C18H24N4O4/c1-3-19-11-12-22(17(24)16(19)23)18(25)21-9-7-20(8-10-21)14-5-4-6-15(13-14)26-2/h4-6,13H,3,7-12H2,1-2H3. The lowest BCUT2D eigenvalue weighted by atomic mass is 10.2. The molecule has 0 bridgehead atoms. The van der Waals surface area contributed by atoms with E-state index >= 15 is 0 Å². The molecule has 0 radical (unpaired) electrons. The van der Waals surface area contributed by atoms with Gasteiger partial charge in [-0.05, 0) is 19.1 Å². The summed E-state index contributed by atoms with van der Waals surface area (Å²) in [4.78, 5) is 43.2. The van der Waals surface area contributed by atoms with Gasteiger partial charge in [-0.1, -0.05) is 6.07 Å². The van der Waals surface area contributed by atoms with E-state index in [0.29, 0.717) is 39.3 Å². The fourth-order valence-electron chi connectivity index (χ4n) is 3.29. The topological polar surface area (TPSA) is 73.4 Å². The zero-order valence-corrected chi connectivity index (χ0v) is 15.2. The SMILES string of the molecule is CCN1CCN(C(=O)N2CCN(c3cccc(OC)c3)CC2)C(=O)C1=O. The highest BCUT2D eigenvalue weighted by Gasteiger charge is 2.37. The largest absolute Gasteiger partial charge is 0.497 e. The molecule has 8 nitrogen and oxygen atoms in total. The molecule has 1 aromatic rings. The molecule has 26 heavy (non-hydrogen) atoms. The van der Waals surface area contributed by atoms with E-state index in [9.17, 15) is 14.4 Å². The molecular weight excluding hydrogens is 336 g/mol. The highest BCUT2D eigenvalue weighted by molar-refractivity contribution is 6.38. The molecule has 8 heteroatoms. The molecule has 0 atom stereocenters. The van der Waals surface area contributed by atoms with E-state index in [1.165, 1.54) is 4.90 Å². The summed E-state index contributed by atoms with van der Waals surface area (Å²) in [5.74, 6) is -0.528. The summed E-state index contributed by atoms with van der Waals surface area (Å²) < 4.78 is 5.25. The molecule has 0 aliphatic carbocycles.